The summed E-state index contributed by atoms with van der Waals surface area (Å²) >= 11 is 9.16. The quantitative estimate of drug-likeness (QED) is 0.807. The summed E-state index contributed by atoms with van der Waals surface area (Å²) in [7, 11) is 0. The van der Waals surface area contributed by atoms with Crippen molar-refractivity contribution < 1.29 is 4.79 Å². The summed E-state index contributed by atoms with van der Waals surface area (Å²) in [5.41, 5.74) is 1.69. The molecule has 18 heavy (non-hydrogen) atoms. The SMILES string of the molecule is Cc1ccc(Br)cc1C(=O)NC(CCCl)C(C)C. The van der Waals surface area contributed by atoms with E-state index in [2.05, 4.69) is 35.1 Å². The van der Waals surface area contributed by atoms with Crippen LogP contribution in [0, 0.1) is 12.8 Å². The third-order valence-corrected chi connectivity index (χ3v) is 3.70. The predicted octanol–water partition coefficient (Wildman–Crippen LogP) is 4.14. The second-order valence-electron chi connectivity index (χ2n) is 4.76. The van der Waals surface area contributed by atoms with Gasteiger partial charge in [0.2, 0.25) is 0 Å². The van der Waals surface area contributed by atoms with Gasteiger partial charge in [-0.1, -0.05) is 35.8 Å². The summed E-state index contributed by atoms with van der Waals surface area (Å²) in [4.78, 5) is 12.2. The van der Waals surface area contributed by atoms with Gasteiger partial charge in [0.15, 0.2) is 0 Å². The van der Waals surface area contributed by atoms with E-state index in [-0.39, 0.29) is 11.9 Å². The number of aryl methyl sites for hydroxylation is 1. The summed E-state index contributed by atoms with van der Waals surface area (Å²) in [6.45, 7) is 6.11. The van der Waals surface area contributed by atoms with Gasteiger partial charge in [-0.2, -0.15) is 0 Å². The van der Waals surface area contributed by atoms with Gasteiger partial charge in [0.25, 0.3) is 5.91 Å². The van der Waals surface area contributed by atoms with E-state index in [1.165, 1.54) is 0 Å². The van der Waals surface area contributed by atoms with E-state index in [9.17, 15) is 4.79 Å². The van der Waals surface area contributed by atoms with Crippen molar-refractivity contribution in [2.45, 2.75) is 33.2 Å². The topological polar surface area (TPSA) is 29.1 Å². The number of rotatable bonds is 5. The average Bonchev–Trinajstić information content (AvgIpc) is 2.31. The van der Waals surface area contributed by atoms with Crippen LogP contribution in [0.15, 0.2) is 22.7 Å². The number of carbonyl (C=O) groups is 1. The molecule has 1 aromatic rings. The lowest BCUT2D eigenvalue weighted by molar-refractivity contribution is 0.0924. The van der Waals surface area contributed by atoms with Crippen LogP contribution in [0.1, 0.15) is 36.2 Å². The number of carbonyl (C=O) groups excluding carboxylic acids is 1. The second kappa shape index (κ2) is 7.15. The maximum atomic E-state index is 12.2. The van der Waals surface area contributed by atoms with Gasteiger partial charge in [-0.3, -0.25) is 4.79 Å². The zero-order chi connectivity index (χ0) is 13.7. The molecular formula is C14H19BrClNO. The van der Waals surface area contributed by atoms with Crippen molar-refractivity contribution in [3.05, 3.63) is 33.8 Å². The van der Waals surface area contributed by atoms with Crippen molar-refractivity contribution in [2.75, 3.05) is 5.88 Å². The summed E-state index contributed by atoms with van der Waals surface area (Å²) < 4.78 is 0.914. The molecule has 4 heteroatoms. The van der Waals surface area contributed by atoms with Crippen molar-refractivity contribution >= 4 is 33.4 Å². The highest BCUT2D eigenvalue weighted by atomic mass is 79.9. The smallest absolute Gasteiger partial charge is 0.251 e. The summed E-state index contributed by atoms with van der Waals surface area (Å²) in [6, 6.07) is 5.84. The van der Waals surface area contributed by atoms with Crippen LogP contribution in [0.3, 0.4) is 0 Å². The summed E-state index contributed by atoms with van der Waals surface area (Å²) in [5.74, 6) is 0.901. The van der Waals surface area contributed by atoms with Gasteiger partial charge in [-0.15, -0.1) is 11.6 Å². The minimum absolute atomic E-state index is 0.0300. The molecule has 1 aromatic carbocycles. The van der Waals surface area contributed by atoms with E-state index >= 15 is 0 Å². The molecule has 0 fully saturated rings. The molecule has 2 nitrogen and oxygen atoms in total. The lowest BCUT2D eigenvalue weighted by atomic mass is 10.0. The molecule has 100 valence electrons. The number of hydrogen-bond acceptors (Lipinski definition) is 1. The molecule has 0 radical (unpaired) electrons. The number of halogens is 2. The van der Waals surface area contributed by atoms with E-state index in [0.717, 1.165) is 16.5 Å². The molecule has 1 rings (SSSR count). The number of amides is 1. The monoisotopic (exact) mass is 331 g/mol. The van der Waals surface area contributed by atoms with Crippen LogP contribution in [0.25, 0.3) is 0 Å². The van der Waals surface area contributed by atoms with Gasteiger partial charge < -0.3 is 5.32 Å². The molecule has 0 aliphatic rings. The highest BCUT2D eigenvalue weighted by molar-refractivity contribution is 9.10. The van der Waals surface area contributed by atoms with Crippen LogP contribution in [-0.2, 0) is 0 Å². The average molecular weight is 333 g/mol. The molecule has 1 amide bonds. The van der Waals surface area contributed by atoms with Gasteiger partial charge in [0.05, 0.1) is 0 Å². The molecule has 0 aliphatic carbocycles. The molecule has 1 atom stereocenters. The first-order valence-electron chi connectivity index (χ1n) is 6.08. The van der Waals surface area contributed by atoms with Crippen molar-refractivity contribution in [2.24, 2.45) is 5.92 Å². The Morgan fingerprint density at radius 2 is 2.11 bits per heavy atom. The Hall–Kier alpha value is -0.540. The Balaban J connectivity index is 2.83. The molecule has 0 aliphatic heterocycles. The lowest BCUT2D eigenvalue weighted by Gasteiger charge is -2.22. The fourth-order valence-corrected chi connectivity index (χ4v) is 2.37. The second-order valence-corrected chi connectivity index (χ2v) is 6.05. The van der Waals surface area contributed by atoms with Gasteiger partial charge in [0, 0.05) is 22.0 Å². The Bertz CT molecular complexity index is 420. The molecule has 0 spiro atoms. The third-order valence-electron chi connectivity index (χ3n) is 2.99. The number of alkyl halides is 1. The van der Waals surface area contributed by atoms with Crippen LogP contribution in [0.5, 0.6) is 0 Å². The fourth-order valence-electron chi connectivity index (χ4n) is 1.77. The minimum Gasteiger partial charge on any atom is -0.349 e. The van der Waals surface area contributed by atoms with Gasteiger partial charge in [-0.05, 0) is 37.0 Å². The Morgan fingerprint density at radius 1 is 1.44 bits per heavy atom. The van der Waals surface area contributed by atoms with E-state index < -0.39 is 0 Å². The zero-order valence-electron chi connectivity index (χ0n) is 11.0. The Kier molecular flexibility index (Phi) is 6.16. The highest BCUT2D eigenvalue weighted by Gasteiger charge is 2.17. The Labute approximate surface area is 122 Å². The minimum atomic E-state index is -0.0300. The number of benzene rings is 1. The molecule has 0 aromatic heterocycles. The summed E-state index contributed by atoms with van der Waals surface area (Å²) in [6.07, 6.45) is 0.790. The van der Waals surface area contributed by atoms with Crippen LogP contribution >= 0.6 is 27.5 Å². The maximum absolute atomic E-state index is 12.2. The van der Waals surface area contributed by atoms with Crippen LogP contribution in [-0.4, -0.2) is 17.8 Å². The van der Waals surface area contributed by atoms with Crippen molar-refractivity contribution in [3.8, 4) is 0 Å². The lowest BCUT2D eigenvalue weighted by Crippen LogP contribution is -2.39. The van der Waals surface area contributed by atoms with E-state index in [4.69, 9.17) is 11.6 Å². The summed E-state index contributed by atoms with van der Waals surface area (Å²) in [5, 5.41) is 3.06. The third kappa shape index (κ3) is 4.29. The molecule has 0 bridgehead atoms. The van der Waals surface area contributed by atoms with Gasteiger partial charge in [-0.25, -0.2) is 0 Å². The fraction of sp³-hybridized carbons (Fsp3) is 0.500. The van der Waals surface area contributed by atoms with Crippen LogP contribution < -0.4 is 5.32 Å². The molecular weight excluding hydrogens is 314 g/mol. The van der Waals surface area contributed by atoms with Crippen molar-refractivity contribution in [1.82, 2.24) is 5.32 Å². The first-order chi connectivity index (χ1) is 8.45. The number of hydrogen-bond donors (Lipinski definition) is 1. The van der Waals surface area contributed by atoms with Crippen LogP contribution in [0.4, 0.5) is 0 Å². The van der Waals surface area contributed by atoms with E-state index in [0.29, 0.717) is 17.4 Å². The standard InChI is InChI=1S/C14H19BrClNO/c1-9(2)13(6-7-16)17-14(18)12-8-11(15)5-4-10(12)3/h4-5,8-9,13H,6-7H2,1-3H3,(H,17,18). The molecule has 0 saturated heterocycles. The zero-order valence-corrected chi connectivity index (χ0v) is 13.3. The molecule has 0 saturated carbocycles. The van der Waals surface area contributed by atoms with Crippen LogP contribution in [0.2, 0.25) is 0 Å². The van der Waals surface area contributed by atoms with Gasteiger partial charge in [0.1, 0.15) is 0 Å². The molecule has 1 unspecified atom stereocenters. The van der Waals surface area contributed by atoms with Crippen molar-refractivity contribution in [3.63, 3.8) is 0 Å². The van der Waals surface area contributed by atoms with Gasteiger partial charge >= 0.3 is 0 Å². The highest BCUT2D eigenvalue weighted by Crippen LogP contribution is 2.17. The Morgan fingerprint density at radius 3 is 2.67 bits per heavy atom. The predicted molar refractivity (Wildman–Crippen MR) is 80.3 cm³/mol. The normalized spacial score (nSPS) is 12.6. The van der Waals surface area contributed by atoms with E-state index in [1.807, 2.05) is 25.1 Å². The first kappa shape index (κ1) is 15.5. The molecule has 1 N–H and O–H groups in total. The van der Waals surface area contributed by atoms with E-state index in [1.54, 1.807) is 0 Å². The number of nitrogens with one attached hydrogen (secondary N) is 1. The first-order valence-corrected chi connectivity index (χ1v) is 7.41. The van der Waals surface area contributed by atoms with Crippen molar-refractivity contribution in [1.29, 1.82) is 0 Å². The largest absolute Gasteiger partial charge is 0.349 e. The maximum Gasteiger partial charge on any atom is 0.251 e. The molecule has 0 heterocycles.